The van der Waals surface area contributed by atoms with Crippen molar-refractivity contribution in [3.63, 3.8) is 0 Å². The van der Waals surface area contributed by atoms with E-state index >= 15 is 0 Å². The SMILES string of the molecule is CCNC(=NCc1ccc(F)c(CN(C)C)c1)NC1CCCN(c2cnn(C)c2)C1.I. The Morgan fingerprint density at radius 3 is 2.84 bits per heavy atom. The summed E-state index contributed by atoms with van der Waals surface area (Å²) in [6, 6.07) is 5.57. The summed E-state index contributed by atoms with van der Waals surface area (Å²) < 4.78 is 15.9. The zero-order chi connectivity index (χ0) is 21.5. The molecule has 0 radical (unpaired) electrons. The van der Waals surface area contributed by atoms with Crippen molar-refractivity contribution in [2.45, 2.75) is 38.9 Å². The van der Waals surface area contributed by atoms with E-state index < -0.39 is 0 Å². The van der Waals surface area contributed by atoms with Crippen molar-refractivity contribution in [2.75, 3.05) is 38.6 Å². The van der Waals surface area contributed by atoms with Gasteiger partial charge in [-0.1, -0.05) is 6.07 Å². The highest BCUT2D eigenvalue weighted by Gasteiger charge is 2.21. The molecule has 1 atom stereocenters. The number of aromatic nitrogens is 2. The number of rotatable bonds is 7. The lowest BCUT2D eigenvalue weighted by atomic mass is 10.1. The standard InChI is InChI=1S/C22H34FN7.HI/c1-5-24-22(25-12-17-8-9-21(23)18(11-17)14-28(2)3)27-19-7-6-10-30(15-19)20-13-26-29(4)16-20;/h8-9,11,13,16,19H,5-7,10,12,14-15H2,1-4H3,(H2,24,25,27);1H. The Morgan fingerprint density at radius 1 is 1.35 bits per heavy atom. The number of anilines is 1. The zero-order valence-corrected chi connectivity index (χ0v) is 21.3. The van der Waals surface area contributed by atoms with Crippen LogP contribution in [-0.2, 0) is 20.1 Å². The molecule has 2 heterocycles. The lowest BCUT2D eigenvalue weighted by molar-refractivity contribution is 0.392. The van der Waals surface area contributed by atoms with Gasteiger partial charge in [-0.25, -0.2) is 9.38 Å². The van der Waals surface area contributed by atoms with Crippen LogP contribution in [0, 0.1) is 5.82 Å². The topological polar surface area (TPSA) is 60.7 Å². The summed E-state index contributed by atoms with van der Waals surface area (Å²) >= 11 is 0. The minimum Gasteiger partial charge on any atom is -0.367 e. The number of piperidine rings is 1. The van der Waals surface area contributed by atoms with Gasteiger partial charge in [-0.2, -0.15) is 5.10 Å². The summed E-state index contributed by atoms with van der Waals surface area (Å²) in [6.07, 6.45) is 6.20. The van der Waals surface area contributed by atoms with E-state index in [1.807, 2.05) is 49.1 Å². The Labute approximate surface area is 202 Å². The van der Waals surface area contributed by atoms with E-state index in [1.54, 1.807) is 0 Å². The summed E-state index contributed by atoms with van der Waals surface area (Å²) in [6.45, 7) is 5.90. The van der Waals surface area contributed by atoms with Crippen LogP contribution in [0.3, 0.4) is 0 Å². The van der Waals surface area contributed by atoms with Gasteiger partial charge in [0, 0.05) is 51.0 Å². The molecule has 0 bridgehead atoms. The van der Waals surface area contributed by atoms with Crippen molar-refractivity contribution in [3.8, 4) is 0 Å². The third-order valence-corrected chi connectivity index (χ3v) is 5.18. The normalized spacial score (nSPS) is 16.9. The third-order valence-electron chi connectivity index (χ3n) is 5.18. The number of guanidine groups is 1. The van der Waals surface area contributed by atoms with Crippen LogP contribution in [0.5, 0.6) is 0 Å². The molecule has 31 heavy (non-hydrogen) atoms. The first kappa shape index (κ1) is 25.4. The Balaban J connectivity index is 0.00000341. The zero-order valence-electron chi connectivity index (χ0n) is 18.9. The highest BCUT2D eigenvalue weighted by molar-refractivity contribution is 14.0. The van der Waals surface area contributed by atoms with Crippen LogP contribution in [0.15, 0.2) is 35.6 Å². The van der Waals surface area contributed by atoms with Gasteiger partial charge in [0.25, 0.3) is 0 Å². The second-order valence-electron chi connectivity index (χ2n) is 8.16. The summed E-state index contributed by atoms with van der Waals surface area (Å²) in [5.74, 6) is 0.633. The molecular formula is C22H35FIN7. The van der Waals surface area contributed by atoms with Crippen molar-refractivity contribution < 1.29 is 4.39 Å². The van der Waals surface area contributed by atoms with Crippen LogP contribution in [0.1, 0.15) is 30.9 Å². The molecule has 1 aliphatic rings. The van der Waals surface area contributed by atoms with Gasteiger partial charge in [0.05, 0.1) is 18.4 Å². The van der Waals surface area contributed by atoms with Crippen LogP contribution in [0.25, 0.3) is 0 Å². The van der Waals surface area contributed by atoms with Crippen LogP contribution < -0.4 is 15.5 Å². The highest BCUT2D eigenvalue weighted by Crippen LogP contribution is 2.19. The fourth-order valence-corrected chi connectivity index (χ4v) is 3.77. The number of nitrogens with one attached hydrogen (secondary N) is 2. The Morgan fingerprint density at radius 2 is 2.16 bits per heavy atom. The monoisotopic (exact) mass is 543 g/mol. The van der Waals surface area contributed by atoms with Gasteiger partial charge >= 0.3 is 0 Å². The average molecular weight is 543 g/mol. The van der Waals surface area contributed by atoms with Gasteiger partial charge in [0.1, 0.15) is 5.82 Å². The van der Waals surface area contributed by atoms with Gasteiger partial charge in [0.15, 0.2) is 5.96 Å². The Kier molecular flexibility index (Phi) is 10.0. The summed E-state index contributed by atoms with van der Waals surface area (Å²) in [5, 5.41) is 11.2. The molecular weight excluding hydrogens is 508 g/mol. The maximum atomic E-state index is 14.0. The fraction of sp³-hybridized carbons (Fsp3) is 0.545. The van der Waals surface area contributed by atoms with Crippen LogP contribution in [0.2, 0.25) is 0 Å². The van der Waals surface area contributed by atoms with Gasteiger partial charge in [-0.3, -0.25) is 4.68 Å². The molecule has 1 saturated heterocycles. The maximum Gasteiger partial charge on any atom is 0.191 e. The van der Waals surface area contributed by atoms with Crippen molar-refractivity contribution in [3.05, 3.63) is 47.5 Å². The van der Waals surface area contributed by atoms with E-state index in [9.17, 15) is 4.39 Å². The van der Waals surface area contributed by atoms with Crippen molar-refractivity contribution in [2.24, 2.45) is 12.0 Å². The first-order chi connectivity index (χ1) is 14.4. The molecule has 2 N–H and O–H groups in total. The largest absolute Gasteiger partial charge is 0.367 e. The minimum absolute atomic E-state index is 0. The van der Waals surface area contributed by atoms with E-state index in [0.717, 1.165) is 49.7 Å². The fourth-order valence-electron chi connectivity index (χ4n) is 3.77. The summed E-state index contributed by atoms with van der Waals surface area (Å²) in [4.78, 5) is 9.09. The van der Waals surface area contributed by atoms with Crippen LogP contribution >= 0.6 is 24.0 Å². The minimum atomic E-state index is -0.167. The first-order valence-electron chi connectivity index (χ1n) is 10.6. The molecule has 0 saturated carbocycles. The number of hydrogen-bond acceptors (Lipinski definition) is 4. The van der Waals surface area contributed by atoms with Crippen LogP contribution in [0.4, 0.5) is 10.1 Å². The molecule has 172 valence electrons. The molecule has 7 nitrogen and oxygen atoms in total. The summed E-state index contributed by atoms with van der Waals surface area (Å²) in [7, 11) is 5.82. The van der Waals surface area contributed by atoms with E-state index in [2.05, 4.69) is 33.8 Å². The molecule has 1 aromatic heterocycles. The van der Waals surface area contributed by atoms with Gasteiger partial charge < -0.3 is 20.4 Å². The van der Waals surface area contributed by atoms with E-state index in [1.165, 1.54) is 6.07 Å². The van der Waals surface area contributed by atoms with Crippen molar-refractivity contribution >= 4 is 35.6 Å². The predicted molar refractivity (Wildman–Crippen MR) is 136 cm³/mol. The second-order valence-corrected chi connectivity index (χ2v) is 8.16. The Hall–Kier alpha value is -1.88. The Bertz CT molecular complexity index is 852. The lowest BCUT2D eigenvalue weighted by Crippen LogP contribution is -2.51. The molecule has 1 aliphatic heterocycles. The molecule has 1 fully saturated rings. The first-order valence-corrected chi connectivity index (χ1v) is 10.6. The number of halogens is 2. The summed E-state index contributed by atoms with van der Waals surface area (Å²) in [5.41, 5.74) is 2.86. The molecule has 0 spiro atoms. The molecule has 1 unspecified atom stereocenters. The molecule has 3 rings (SSSR count). The molecule has 1 aromatic carbocycles. The quantitative estimate of drug-likeness (QED) is 0.320. The van der Waals surface area contributed by atoms with Crippen molar-refractivity contribution in [1.29, 1.82) is 0 Å². The third kappa shape index (κ3) is 7.64. The van der Waals surface area contributed by atoms with E-state index in [-0.39, 0.29) is 29.8 Å². The van der Waals surface area contributed by atoms with Crippen molar-refractivity contribution in [1.82, 2.24) is 25.3 Å². The second kappa shape index (κ2) is 12.2. The predicted octanol–water partition coefficient (Wildman–Crippen LogP) is 2.96. The highest BCUT2D eigenvalue weighted by atomic mass is 127. The maximum absolute atomic E-state index is 14.0. The van der Waals surface area contributed by atoms with E-state index in [4.69, 9.17) is 4.99 Å². The molecule has 0 aliphatic carbocycles. The van der Waals surface area contributed by atoms with Gasteiger partial charge in [-0.15, -0.1) is 24.0 Å². The van der Waals surface area contributed by atoms with Gasteiger partial charge in [0.2, 0.25) is 0 Å². The number of aryl methyl sites for hydroxylation is 1. The molecule has 9 heteroatoms. The number of aliphatic imine (C=N–C) groups is 1. The number of hydrogen-bond donors (Lipinski definition) is 2. The smallest absolute Gasteiger partial charge is 0.191 e. The average Bonchev–Trinajstić information content (AvgIpc) is 3.15. The van der Waals surface area contributed by atoms with E-state index in [0.29, 0.717) is 24.7 Å². The lowest BCUT2D eigenvalue weighted by Gasteiger charge is -2.34. The van der Waals surface area contributed by atoms with Crippen LogP contribution in [-0.4, -0.2) is 60.4 Å². The van der Waals surface area contributed by atoms with Gasteiger partial charge in [-0.05, 0) is 51.6 Å². The molecule has 0 amide bonds. The molecule has 2 aromatic rings. The number of nitrogens with zero attached hydrogens (tertiary/aromatic N) is 5. The number of benzene rings is 1.